The van der Waals surface area contributed by atoms with E-state index in [-0.39, 0.29) is 0 Å². The molecule has 0 spiro atoms. The topological polar surface area (TPSA) is 33.0 Å². The molecule has 94 valence electrons. The minimum Gasteiger partial charge on any atom is -0.456 e. The van der Waals surface area contributed by atoms with Gasteiger partial charge >= 0.3 is 0 Å². The van der Waals surface area contributed by atoms with Gasteiger partial charge in [-0.25, -0.2) is 0 Å². The van der Waals surface area contributed by atoms with E-state index in [1.54, 1.807) is 6.07 Å². The van der Waals surface area contributed by atoms with Gasteiger partial charge in [-0.15, -0.1) is 0 Å². The predicted octanol–water partition coefficient (Wildman–Crippen LogP) is 5.14. The molecule has 20 heavy (non-hydrogen) atoms. The van der Waals surface area contributed by atoms with Crippen molar-refractivity contribution in [1.82, 2.24) is 0 Å². The lowest BCUT2D eigenvalue weighted by molar-refractivity contribution is 0.487. The van der Waals surface area contributed by atoms with E-state index in [0.717, 1.165) is 33.4 Å². The third-order valence-corrected chi connectivity index (χ3v) is 3.81. The van der Waals surface area contributed by atoms with Crippen LogP contribution in [0.1, 0.15) is 5.56 Å². The SMILES string of the molecule is N#Cc1ccc2c3c(cccc13)-c1ccc(Cl)cc1O2. The highest BCUT2D eigenvalue weighted by Crippen LogP contribution is 2.47. The van der Waals surface area contributed by atoms with Crippen molar-refractivity contribution >= 4 is 22.4 Å². The van der Waals surface area contributed by atoms with Gasteiger partial charge in [0, 0.05) is 27.4 Å². The number of nitrogens with zero attached hydrogens (tertiary/aromatic N) is 1. The van der Waals surface area contributed by atoms with Gasteiger partial charge in [-0.3, -0.25) is 0 Å². The average molecular weight is 278 g/mol. The molecule has 0 atom stereocenters. The molecule has 2 nitrogen and oxygen atoms in total. The van der Waals surface area contributed by atoms with Gasteiger partial charge in [-0.2, -0.15) is 5.26 Å². The molecule has 0 aromatic heterocycles. The van der Waals surface area contributed by atoms with Crippen molar-refractivity contribution < 1.29 is 4.74 Å². The number of rotatable bonds is 0. The van der Waals surface area contributed by atoms with Crippen molar-refractivity contribution in [2.24, 2.45) is 0 Å². The maximum absolute atomic E-state index is 9.23. The minimum atomic E-state index is 0.646. The van der Waals surface area contributed by atoms with Crippen molar-refractivity contribution in [3.05, 3.63) is 59.1 Å². The molecule has 1 aliphatic rings. The van der Waals surface area contributed by atoms with Crippen LogP contribution >= 0.6 is 11.6 Å². The maximum atomic E-state index is 9.23. The molecule has 4 rings (SSSR count). The molecular weight excluding hydrogens is 270 g/mol. The summed E-state index contributed by atoms with van der Waals surface area (Å²) in [7, 11) is 0. The molecule has 0 N–H and O–H groups in total. The molecule has 0 bridgehead atoms. The summed E-state index contributed by atoms with van der Waals surface area (Å²) >= 11 is 6.03. The smallest absolute Gasteiger partial charge is 0.136 e. The second-order valence-electron chi connectivity index (χ2n) is 4.69. The number of hydrogen-bond acceptors (Lipinski definition) is 2. The molecule has 0 aliphatic carbocycles. The van der Waals surface area contributed by atoms with Crippen molar-refractivity contribution in [3.63, 3.8) is 0 Å². The van der Waals surface area contributed by atoms with Gasteiger partial charge < -0.3 is 4.74 Å². The van der Waals surface area contributed by atoms with Crippen molar-refractivity contribution in [3.8, 4) is 28.7 Å². The van der Waals surface area contributed by atoms with Gasteiger partial charge in [0.25, 0.3) is 0 Å². The highest BCUT2D eigenvalue weighted by molar-refractivity contribution is 6.31. The first-order valence-electron chi connectivity index (χ1n) is 6.21. The Morgan fingerprint density at radius 2 is 1.85 bits per heavy atom. The van der Waals surface area contributed by atoms with Crippen LogP contribution in [0, 0.1) is 11.3 Å². The molecule has 3 aromatic rings. The van der Waals surface area contributed by atoms with Crippen LogP contribution < -0.4 is 4.74 Å². The van der Waals surface area contributed by atoms with Crippen LogP contribution in [0.25, 0.3) is 21.9 Å². The van der Waals surface area contributed by atoms with Crippen LogP contribution in [0.4, 0.5) is 0 Å². The summed E-state index contributed by atoms with van der Waals surface area (Å²) in [5, 5.41) is 11.8. The van der Waals surface area contributed by atoms with E-state index in [2.05, 4.69) is 6.07 Å². The fourth-order valence-electron chi connectivity index (χ4n) is 2.70. The van der Waals surface area contributed by atoms with Gasteiger partial charge in [-0.1, -0.05) is 29.8 Å². The molecule has 3 heteroatoms. The minimum absolute atomic E-state index is 0.646. The third-order valence-electron chi connectivity index (χ3n) is 3.58. The molecule has 3 aromatic carbocycles. The fourth-order valence-corrected chi connectivity index (χ4v) is 2.87. The van der Waals surface area contributed by atoms with E-state index in [9.17, 15) is 5.26 Å². The Morgan fingerprint density at radius 1 is 0.950 bits per heavy atom. The first kappa shape index (κ1) is 11.3. The molecule has 0 saturated carbocycles. The number of nitriles is 1. The molecule has 0 fully saturated rings. The summed E-state index contributed by atoms with van der Waals surface area (Å²) in [5.41, 5.74) is 2.74. The second-order valence-corrected chi connectivity index (χ2v) is 5.13. The van der Waals surface area contributed by atoms with E-state index in [1.165, 1.54) is 0 Å². The lowest BCUT2D eigenvalue weighted by atomic mass is 9.93. The van der Waals surface area contributed by atoms with Crippen LogP contribution in [-0.2, 0) is 0 Å². The quantitative estimate of drug-likeness (QED) is 0.446. The number of halogens is 1. The van der Waals surface area contributed by atoms with Crippen LogP contribution in [0.3, 0.4) is 0 Å². The van der Waals surface area contributed by atoms with E-state index >= 15 is 0 Å². The highest BCUT2D eigenvalue weighted by atomic mass is 35.5. The Morgan fingerprint density at radius 3 is 2.70 bits per heavy atom. The van der Waals surface area contributed by atoms with Gasteiger partial charge in [-0.05, 0) is 29.8 Å². The molecule has 0 saturated heterocycles. The maximum Gasteiger partial charge on any atom is 0.136 e. The zero-order valence-corrected chi connectivity index (χ0v) is 11.1. The number of benzene rings is 3. The predicted molar refractivity (Wildman–Crippen MR) is 79.2 cm³/mol. The van der Waals surface area contributed by atoms with E-state index in [4.69, 9.17) is 16.3 Å². The standard InChI is InChI=1S/C17H8ClNO/c18-11-5-6-13-14-3-1-2-12-10(9-19)4-7-15(17(12)14)20-16(13)8-11/h1-8H. The summed E-state index contributed by atoms with van der Waals surface area (Å²) in [6, 6.07) is 17.4. The van der Waals surface area contributed by atoms with E-state index < -0.39 is 0 Å². The third kappa shape index (κ3) is 1.44. The Balaban J connectivity index is 2.17. The highest BCUT2D eigenvalue weighted by Gasteiger charge is 2.21. The Hall–Kier alpha value is -2.50. The summed E-state index contributed by atoms with van der Waals surface area (Å²) in [4.78, 5) is 0. The van der Waals surface area contributed by atoms with Crippen LogP contribution in [0.15, 0.2) is 48.5 Å². The Bertz CT molecular complexity index is 909. The lowest BCUT2D eigenvalue weighted by Gasteiger charge is -2.21. The average Bonchev–Trinajstić information content (AvgIpc) is 2.47. The zero-order valence-electron chi connectivity index (χ0n) is 10.4. The van der Waals surface area contributed by atoms with Crippen LogP contribution in [0.5, 0.6) is 11.5 Å². The first-order chi connectivity index (χ1) is 9.78. The zero-order chi connectivity index (χ0) is 13.7. The summed E-state index contributed by atoms with van der Waals surface area (Å²) in [6.07, 6.45) is 0. The normalized spacial score (nSPS) is 11.6. The van der Waals surface area contributed by atoms with Crippen molar-refractivity contribution in [1.29, 1.82) is 5.26 Å². The number of ether oxygens (including phenoxy) is 1. The fraction of sp³-hybridized carbons (Fsp3) is 0. The second kappa shape index (κ2) is 4.00. The van der Waals surface area contributed by atoms with Gasteiger partial charge in [0.15, 0.2) is 0 Å². The van der Waals surface area contributed by atoms with E-state index in [1.807, 2.05) is 42.5 Å². The van der Waals surface area contributed by atoms with Crippen LogP contribution in [0.2, 0.25) is 5.02 Å². The number of fused-ring (bicyclic) bond motifs is 2. The Kier molecular flexibility index (Phi) is 2.26. The molecule has 1 aliphatic heterocycles. The van der Waals surface area contributed by atoms with Gasteiger partial charge in [0.05, 0.1) is 11.6 Å². The Labute approximate surface area is 120 Å². The summed E-state index contributed by atoms with van der Waals surface area (Å²) in [5.74, 6) is 1.52. The van der Waals surface area contributed by atoms with E-state index in [0.29, 0.717) is 10.6 Å². The lowest BCUT2D eigenvalue weighted by Crippen LogP contribution is -1.97. The largest absolute Gasteiger partial charge is 0.456 e. The molecule has 1 heterocycles. The summed E-state index contributed by atoms with van der Waals surface area (Å²) < 4.78 is 5.94. The van der Waals surface area contributed by atoms with Crippen molar-refractivity contribution in [2.75, 3.05) is 0 Å². The monoisotopic (exact) mass is 277 g/mol. The number of hydrogen-bond donors (Lipinski definition) is 0. The first-order valence-corrected chi connectivity index (χ1v) is 6.59. The molecule has 0 radical (unpaired) electrons. The van der Waals surface area contributed by atoms with Gasteiger partial charge in [0.1, 0.15) is 11.5 Å². The molecule has 0 unspecified atom stereocenters. The molecule has 0 amide bonds. The molecular formula is C17H8ClNO. The van der Waals surface area contributed by atoms with Crippen LogP contribution in [-0.4, -0.2) is 0 Å². The van der Waals surface area contributed by atoms with Crippen molar-refractivity contribution in [2.45, 2.75) is 0 Å². The van der Waals surface area contributed by atoms with Gasteiger partial charge in [0.2, 0.25) is 0 Å². The summed E-state index contributed by atoms with van der Waals surface area (Å²) in [6.45, 7) is 0.